The summed E-state index contributed by atoms with van der Waals surface area (Å²) in [6.07, 6.45) is 1.07. The van der Waals surface area contributed by atoms with E-state index in [1.54, 1.807) is 0 Å². The van der Waals surface area contributed by atoms with Crippen molar-refractivity contribution >= 4 is 18.1 Å². The Hall–Kier alpha value is 0.354. The molecular weight excluding hydrogens is 172 g/mol. The van der Waals surface area contributed by atoms with Gasteiger partial charge in [-0.05, 0) is 32.6 Å². The first-order valence-corrected chi connectivity index (χ1v) is 9.92. The van der Waals surface area contributed by atoms with E-state index >= 15 is 0 Å². The van der Waals surface area contributed by atoms with Crippen LogP contribution < -0.4 is 0 Å². The molecule has 0 N–H and O–H groups in total. The van der Waals surface area contributed by atoms with Crippen LogP contribution in [-0.4, -0.2) is 31.3 Å². The van der Waals surface area contributed by atoms with Crippen LogP contribution in [-0.2, 0) is 8.85 Å². The van der Waals surface area contributed by atoms with Crippen LogP contribution in [0.3, 0.4) is 0 Å². The first kappa shape index (κ1) is 11.4. The van der Waals surface area contributed by atoms with Crippen LogP contribution in [0, 0.1) is 0 Å². The second-order valence-electron chi connectivity index (χ2n) is 3.19. The van der Waals surface area contributed by atoms with Gasteiger partial charge in [0, 0.05) is 13.2 Å². The van der Waals surface area contributed by atoms with E-state index in [0.717, 1.165) is 19.6 Å². The molecule has 2 nitrogen and oxygen atoms in total. The van der Waals surface area contributed by atoms with Crippen LogP contribution in [0.15, 0.2) is 0 Å². The van der Waals surface area contributed by atoms with Crippen molar-refractivity contribution in [3.8, 4) is 0 Å². The Morgan fingerprint density at radius 1 is 0.818 bits per heavy atom. The topological polar surface area (TPSA) is 18.5 Å². The van der Waals surface area contributed by atoms with E-state index in [1.807, 2.05) is 0 Å². The molecule has 0 aromatic carbocycles. The van der Waals surface area contributed by atoms with Crippen LogP contribution >= 0.6 is 0 Å². The predicted molar refractivity (Wildman–Crippen MR) is 54.3 cm³/mol. The molecule has 0 amide bonds. The fourth-order valence-electron chi connectivity index (χ4n) is 0.697. The molecule has 0 fully saturated rings. The monoisotopic (exact) mass is 192 g/mol. The molecule has 0 radical (unpaired) electrons. The minimum atomic E-state index is -0.782. The molecule has 0 aromatic rings. The van der Waals surface area contributed by atoms with Gasteiger partial charge < -0.3 is 8.85 Å². The molecule has 0 unspecified atom stereocenters. The van der Waals surface area contributed by atoms with Gasteiger partial charge in [-0.15, -0.1) is 0 Å². The van der Waals surface area contributed by atoms with E-state index in [2.05, 4.69) is 26.2 Å². The standard InChI is InChI=1S/C7H20O2Si2/c1-10(2)8-6-5-7-9-11(3)4/h10-11H,5-7H2,1-4H3. The largest absolute Gasteiger partial charge is 0.420 e. The van der Waals surface area contributed by atoms with Gasteiger partial charge in [0.25, 0.3) is 0 Å². The van der Waals surface area contributed by atoms with Gasteiger partial charge in [-0.25, -0.2) is 0 Å². The van der Waals surface area contributed by atoms with Gasteiger partial charge in [-0.3, -0.25) is 0 Å². The van der Waals surface area contributed by atoms with Gasteiger partial charge in [-0.1, -0.05) is 0 Å². The van der Waals surface area contributed by atoms with E-state index in [0.29, 0.717) is 0 Å². The Morgan fingerprint density at radius 3 is 1.45 bits per heavy atom. The van der Waals surface area contributed by atoms with Gasteiger partial charge in [0.2, 0.25) is 0 Å². The van der Waals surface area contributed by atoms with Gasteiger partial charge in [0.05, 0.1) is 0 Å². The average molecular weight is 192 g/mol. The van der Waals surface area contributed by atoms with Crippen LogP contribution in [0.1, 0.15) is 6.42 Å². The minimum absolute atomic E-state index is 0.782. The number of rotatable bonds is 6. The Kier molecular flexibility index (Phi) is 7.25. The molecule has 0 aliphatic carbocycles. The Bertz CT molecular complexity index is 76.5. The molecule has 0 aliphatic rings. The summed E-state index contributed by atoms with van der Waals surface area (Å²) < 4.78 is 11.0. The fourth-order valence-corrected chi connectivity index (χ4v) is 1.97. The lowest BCUT2D eigenvalue weighted by Gasteiger charge is -2.08. The van der Waals surface area contributed by atoms with E-state index in [1.165, 1.54) is 0 Å². The molecule has 0 spiro atoms. The summed E-state index contributed by atoms with van der Waals surface area (Å²) >= 11 is 0. The maximum Gasteiger partial charge on any atom is 0.170 e. The summed E-state index contributed by atoms with van der Waals surface area (Å²) in [6, 6.07) is 0. The van der Waals surface area contributed by atoms with E-state index in [9.17, 15) is 0 Å². The Balaban J connectivity index is 2.91. The summed E-state index contributed by atoms with van der Waals surface area (Å²) in [4.78, 5) is 0. The highest BCUT2D eigenvalue weighted by Gasteiger charge is 1.96. The summed E-state index contributed by atoms with van der Waals surface area (Å²) in [5, 5.41) is 0. The van der Waals surface area contributed by atoms with E-state index in [-0.39, 0.29) is 0 Å². The molecule has 0 saturated carbocycles. The van der Waals surface area contributed by atoms with Crippen LogP contribution in [0.2, 0.25) is 26.2 Å². The summed E-state index contributed by atoms with van der Waals surface area (Å²) in [5.41, 5.74) is 0. The molecule has 11 heavy (non-hydrogen) atoms. The molecule has 0 saturated heterocycles. The second-order valence-corrected chi connectivity index (χ2v) is 8.05. The SMILES string of the molecule is C[SiH](C)OCCCO[SiH](C)C. The molecule has 0 heterocycles. The zero-order valence-electron chi connectivity index (χ0n) is 8.09. The molecule has 68 valence electrons. The average Bonchev–Trinajstić information content (AvgIpc) is 1.85. The Morgan fingerprint density at radius 2 is 1.18 bits per heavy atom. The van der Waals surface area contributed by atoms with Crippen molar-refractivity contribution in [2.45, 2.75) is 32.6 Å². The van der Waals surface area contributed by atoms with Gasteiger partial charge in [0.1, 0.15) is 0 Å². The quantitative estimate of drug-likeness (QED) is 0.467. The third kappa shape index (κ3) is 10.4. The van der Waals surface area contributed by atoms with Gasteiger partial charge in [0.15, 0.2) is 18.1 Å². The molecular formula is C7H20O2Si2. The smallest absolute Gasteiger partial charge is 0.170 e. The number of hydrogen-bond acceptors (Lipinski definition) is 2. The lowest BCUT2D eigenvalue weighted by molar-refractivity contribution is 0.253. The van der Waals surface area contributed by atoms with Crippen molar-refractivity contribution in [2.75, 3.05) is 13.2 Å². The first-order valence-electron chi connectivity index (χ1n) is 4.36. The Labute approximate surface area is 73.4 Å². The molecule has 4 heteroatoms. The predicted octanol–water partition coefficient (Wildman–Crippen LogP) is 1.38. The highest BCUT2D eigenvalue weighted by Crippen LogP contribution is 1.90. The molecule has 0 atom stereocenters. The zero-order chi connectivity index (χ0) is 8.69. The van der Waals surface area contributed by atoms with Crippen LogP contribution in [0.5, 0.6) is 0 Å². The van der Waals surface area contributed by atoms with Crippen LogP contribution in [0.4, 0.5) is 0 Å². The maximum absolute atomic E-state index is 5.50. The normalized spacial score (nSPS) is 11.5. The highest BCUT2D eigenvalue weighted by molar-refractivity contribution is 6.48. The van der Waals surface area contributed by atoms with E-state index in [4.69, 9.17) is 8.85 Å². The summed E-state index contributed by atoms with van der Waals surface area (Å²) in [7, 11) is -1.56. The van der Waals surface area contributed by atoms with E-state index < -0.39 is 18.1 Å². The minimum Gasteiger partial charge on any atom is -0.420 e. The molecule has 0 rings (SSSR count). The van der Waals surface area contributed by atoms with Gasteiger partial charge in [-0.2, -0.15) is 0 Å². The third-order valence-corrected chi connectivity index (χ3v) is 3.00. The van der Waals surface area contributed by atoms with Crippen molar-refractivity contribution in [3.63, 3.8) is 0 Å². The molecule has 0 aliphatic heterocycles. The zero-order valence-corrected chi connectivity index (χ0v) is 10.4. The lowest BCUT2D eigenvalue weighted by atomic mass is 10.5. The third-order valence-electron chi connectivity index (χ3n) is 1.19. The maximum atomic E-state index is 5.50. The van der Waals surface area contributed by atoms with Crippen molar-refractivity contribution in [1.29, 1.82) is 0 Å². The molecule has 0 aromatic heterocycles. The summed E-state index contributed by atoms with van der Waals surface area (Å²) in [5.74, 6) is 0. The van der Waals surface area contributed by atoms with Crippen molar-refractivity contribution < 1.29 is 8.85 Å². The summed E-state index contributed by atoms with van der Waals surface area (Å²) in [6.45, 7) is 10.6. The van der Waals surface area contributed by atoms with Gasteiger partial charge >= 0.3 is 0 Å². The fraction of sp³-hybridized carbons (Fsp3) is 1.00. The van der Waals surface area contributed by atoms with Crippen LogP contribution in [0.25, 0.3) is 0 Å². The lowest BCUT2D eigenvalue weighted by Crippen LogP contribution is -2.13. The second kappa shape index (κ2) is 7.03. The first-order chi connectivity index (χ1) is 5.13. The highest BCUT2D eigenvalue weighted by atomic mass is 28.3. The number of hydrogen-bond donors (Lipinski definition) is 0. The van der Waals surface area contributed by atoms with Crippen molar-refractivity contribution in [1.82, 2.24) is 0 Å². The van der Waals surface area contributed by atoms with Crippen molar-refractivity contribution in [3.05, 3.63) is 0 Å². The molecule has 0 bridgehead atoms. The van der Waals surface area contributed by atoms with Crippen molar-refractivity contribution in [2.24, 2.45) is 0 Å².